The van der Waals surface area contributed by atoms with Crippen molar-refractivity contribution in [2.24, 2.45) is 0 Å². The number of allylic oxidation sites excluding steroid dienone is 16. The highest BCUT2D eigenvalue weighted by Crippen LogP contribution is 2.12. The molecule has 0 spiro atoms. The van der Waals surface area contributed by atoms with Crippen LogP contribution in [0, 0.1) is 0 Å². The van der Waals surface area contributed by atoms with Gasteiger partial charge in [0.2, 0.25) is 0 Å². The number of rotatable bonds is 45. The van der Waals surface area contributed by atoms with Crippen molar-refractivity contribution in [3.05, 3.63) is 97.2 Å². The Hall–Kier alpha value is -3.67. The highest BCUT2D eigenvalue weighted by atomic mass is 16.6. The van der Waals surface area contributed by atoms with Gasteiger partial charge >= 0.3 is 17.9 Å². The van der Waals surface area contributed by atoms with Crippen LogP contribution in [0.3, 0.4) is 0 Å². The van der Waals surface area contributed by atoms with Crippen molar-refractivity contribution < 1.29 is 28.6 Å². The standard InChI is InChI=1S/C57H94O6/c1-4-7-10-13-16-19-22-24-26-27-28-29-31-33-36-39-42-45-48-51-57(60)63-54(52-61-55(58)49-46-43-40-37-34-21-18-15-12-9-6-3)53-62-56(59)50-47-44-41-38-35-32-30-25-23-20-17-14-11-8-5-2/h15-20,24-26,28-30,33,35-36,38,54H,4-14,21-23,27,31-32,34,37,39-53H2,1-3H3/b18-15-,19-16-,20-17-,26-24-,29-28-,30-25-,36-33-,38-35-/t54-/m0/s1. The van der Waals surface area contributed by atoms with Gasteiger partial charge in [-0.3, -0.25) is 14.4 Å². The number of hydrogen-bond donors (Lipinski definition) is 0. The molecule has 0 aliphatic rings. The van der Waals surface area contributed by atoms with Crippen LogP contribution in [0.4, 0.5) is 0 Å². The fraction of sp³-hybridized carbons (Fsp3) is 0.667. The molecule has 0 aromatic heterocycles. The molecule has 1 atom stereocenters. The van der Waals surface area contributed by atoms with Crippen molar-refractivity contribution in [1.82, 2.24) is 0 Å². The molecule has 0 aromatic rings. The lowest BCUT2D eigenvalue weighted by Gasteiger charge is -2.18. The summed E-state index contributed by atoms with van der Waals surface area (Å²) in [7, 11) is 0. The van der Waals surface area contributed by atoms with E-state index in [-0.39, 0.29) is 37.5 Å². The summed E-state index contributed by atoms with van der Waals surface area (Å²) in [4.78, 5) is 37.9. The summed E-state index contributed by atoms with van der Waals surface area (Å²) in [5, 5.41) is 0. The first kappa shape index (κ1) is 59.3. The molecule has 0 saturated heterocycles. The second kappa shape index (κ2) is 51.0. The lowest BCUT2D eigenvalue weighted by Crippen LogP contribution is -2.30. The van der Waals surface area contributed by atoms with E-state index < -0.39 is 6.10 Å². The van der Waals surface area contributed by atoms with Crippen LogP contribution in [0.15, 0.2) is 97.2 Å². The average Bonchev–Trinajstić information content (AvgIpc) is 3.28. The predicted octanol–water partition coefficient (Wildman–Crippen LogP) is 17.0. The Morgan fingerprint density at radius 1 is 0.317 bits per heavy atom. The van der Waals surface area contributed by atoms with E-state index in [2.05, 4.69) is 118 Å². The quantitative estimate of drug-likeness (QED) is 0.0262. The number of ether oxygens (including phenoxy) is 3. The number of esters is 3. The largest absolute Gasteiger partial charge is 0.462 e. The highest BCUT2D eigenvalue weighted by Gasteiger charge is 2.19. The molecule has 0 aliphatic carbocycles. The summed E-state index contributed by atoms with van der Waals surface area (Å²) in [5.74, 6) is -0.993. The molecule has 6 heteroatoms. The van der Waals surface area contributed by atoms with E-state index >= 15 is 0 Å². The summed E-state index contributed by atoms with van der Waals surface area (Å²) in [6.07, 6.45) is 66.7. The van der Waals surface area contributed by atoms with Gasteiger partial charge in [-0.1, -0.05) is 182 Å². The number of hydrogen-bond acceptors (Lipinski definition) is 6. The van der Waals surface area contributed by atoms with Crippen LogP contribution in [0.5, 0.6) is 0 Å². The normalized spacial score (nSPS) is 12.9. The molecule has 0 N–H and O–H groups in total. The van der Waals surface area contributed by atoms with Gasteiger partial charge in [0.15, 0.2) is 6.10 Å². The molecule has 0 rings (SSSR count). The smallest absolute Gasteiger partial charge is 0.306 e. The topological polar surface area (TPSA) is 78.9 Å². The Balaban J connectivity index is 4.52. The van der Waals surface area contributed by atoms with Gasteiger partial charge in [0.1, 0.15) is 13.2 Å². The molecule has 0 saturated carbocycles. The van der Waals surface area contributed by atoms with Crippen LogP contribution in [0.1, 0.15) is 226 Å². The van der Waals surface area contributed by atoms with Crippen LogP contribution < -0.4 is 0 Å². The molecule has 0 bridgehead atoms. The van der Waals surface area contributed by atoms with Gasteiger partial charge in [0.25, 0.3) is 0 Å². The van der Waals surface area contributed by atoms with E-state index in [9.17, 15) is 14.4 Å². The lowest BCUT2D eigenvalue weighted by atomic mass is 10.1. The summed E-state index contributed by atoms with van der Waals surface area (Å²) >= 11 is 0. The molecule has 0 aromatic carbocycles. The summed E-state index contributed by atoms with van der Waals surface area (Å²) in [5.41, 5.74) is 0. The van der Waals surface area contributed by atoms with E-state index in [1.54, 1.807) is 0 Å². The zero-order valence-corrected chi connectivity index (χ0v) is 40.8. The SMILES string of the molecule is CCCC/C=C\CCCCCCCC(=O)OC[C@@H](COC(=O)CCCC/C=C\C/C=C\C/C=C\CCCCC)OC(=O)CCCCC/C=C\C/C=C\C/C=C\C/C=C\CCCCC. The summed E-state index contributed by atoms with van der Waals surface area (Å²) < 4.78 is 16.7. The maximum Gasteiger partial charge on any atom is 0.306 e. The third kappa shape index (κ3) is 49.2. The van der Waals surface area contributed by atoms with Crippen molar-refractivity contribution in [1.29, 1.82) is 0 Å². The zero-order valence-electron chi connectivity index (χ0n) is 40.8. The average molecular weight is 875 g/mol. The zero-order chi connectivity index (χ0) is 45.8. The fourth-order valence-corrected chi connectivity index (χ4v) is 6.59. The molecule has 63 heavy (non-hydrogen) atoms. The van der Waals surface area contributed by atoms with Crippen molar-refractivity contribution in [2.75, 3.05) is 13.2 Å². The highest BCUT2D eigenvalue weighted by molar-refractivity contribution is 5.71. The molecule has 0 fully saturated rings. The Bertz CT molecular complexity index is 1280. The van der Waals surface area contributed by atoms with Gasteiger partial charge in [-0.15, -0.1) is 0 Å². The van der Waals surface area contributed by atoms with Crippen LogP contribution in [0.25, 0.3) is 0 Å². The molecule has 0 unspecified atom stereocenters. The Morgan fingerprint density at radius 3 is 1.00 bits per heavy atom. The lowest BCUT2D eigenvalue weighted by molar-refractivity contribution is -0.167. The van der Waals surface area contributed by atoms with Crippen LogP contribution in [-0.4, -0.2) is 37.2 Å². The monoisotopic (exact) mass is 875 g/mol. The van der Waals surface area contributed by atoms with Crippen molar-refractivity contribution in [3.63, 3.8) is 0 Å². The minimum atomic E-state index is -0.813. The molecule has 0 aliphatic heterocycles. The summed E-state index contributed by atoms with van der Waals surface area (Å²) in [6.45, 7) is 6.46. The van der Waals surface area contributed by atoms with Crippen molar-refractivity contribution in [2.45, 2.75) is 232 Å². The van der Waals surface area contributed by atoms with Crippen LogP contribution >= 0.6 is 0 Å². The molecule has 0 radical (unpaired) electrons. The van der Waals surface area contributed by atoms with E-state index in [0.717, 1.165) is 109 Å². The van der Waals surface area contributed by atoms with Gasteiger partial charge in [-0.2, -0.15) is 0 Å². The maximum atomic E-state index is 12.8. The number of carbonyl (C=O) groups is 3. The van der Waals surface area contributed by atoms with Crippen molar-refractivity contribution in [3.8, 4) is 0 Å². The first-order chi connectivity index (χ1) is 31.0. The predicted molar refractivity (Wildman–Crippen MR) is 270 cm³/mol. The Morgan fingerprint density at radius 2 is 0.587 bits per heavy atom. The maximum absolute atomic E-state index is 12.8. The molecule has 0 heterocycles. The van der Waals surface area contributed by atoms with Crippen LogP contribution in [0.2, 0.25) is 0 Å². The van der Waals surface area contributed by atoms with E-state index in [1.807, 2.05) is 0 Å². The van der Waals surface area contributed by atoms with Gasteiger partial charge in [-0.25, -0.2) is 0 Å². The van der Waals surface area contributed by atoms with E-state index in [0.29, 0.717) is 12.8 Å². The molecule has 0 amide bonds. The summed E-state index contributed by atoms with van der Waals surface area (Å²) in [6, 6.07) is 0. The Kier molecular flexibility index (Phi) is 48.0. The minimum Gasteiger partial charge on any atom is -0.462 e. The second-order valence-electron chi connectivity index (χ2n) is 16.7. The first-order valence-corrected chi connectivity index (χ1v) is 25.7. The number of carbonyl (C=O) groups excluding carboxylic acids is 3. The van der Waals surface area contributed by atoms with Gasteiger partial charge < -0.3 is 14.2 Å². The second-order valence-corrected chi connectivity index (χ2v) is 16.7. The third-order valence-electron chi connectivity index (χ3n) is 10.5. The Labute approximate surface area is 387 Å². The van der Waals surface area contributed by atoms with Gasteiger partial charge in [-0.05, 0) is 122 Å². The fourth-order valence-electron chi connectivity index (χ4n) is 6.59. The van der Waals surface area contributed by atoms with Gasteiger partial charge in [0.05, 0.1) is 0 Å². The molecular formula is C57H94O6. The van der Waals surface area contributed by atoms with Crippen molar-refractivity contribution >= 4 is 17.9 Å². The van der Waals surface area contributed by atoms with Gasteiger partial charge in [0, 0.05) is 19.3 Å². The number of unbranched alkanes of at least 4 members (excludes halogenated alkanes) is 18. The minimum absolute atomic E-state index is 0.108. The van der Waals surface area contributed by atoms with E-state index in [4.69, 9.17) is 14.2 Å². The van der Waals surface area contributed by atoms with Crippen LogP contribution in [-0.2, 0) is 28.6 Å². The molecule has 358 valence electrons. The van der Waals surface area contributed by atoms with E-state index in [1.165, 1.54) is 77.0 Å². The molecule has 6 nitrogen and oxygen atoms in total. The third-order valence-corrected chi connectivity index (χ3v) is 10.5. The molecular weight excluding hydrogens is 781 g/mol. The first-order valence-electron chi connectivity index (χ1n) is 25.7.